The molecule has 2 saturated carbocycles. The molecule has 19 heavy (non-hydrogen) atoms. The maximum Gasteiger partial charge on any atom is 0.226 e. The number of carbonyl (C=O) groups is 1. The van der Waals surface area contributed by atoms with Crippen molar-refractivity contribution in [2.24, 2.45) is 17.8 Å². The average molecular weight is 279 g/mol. The van der Waals surface area contributed by atoms with E-state index in [4.69, 9.17) is 0 Å². The van der Waals surface area contributed by atoms with Crippen LogP contribution in [0.15, 0.2) is 0 Å². The van der Waals surface area contributed by atoms with Crippen LogP contribution in [0.5, 0.6) is 0 Å². The summed E-state index contributed by atoms with van der Waals surface area (Å²) in [6, 6.07) is 0. The molecule has 0 unspecified atom stereocenters. The van der Waals surface area contributed by atoms with Gasteiger partial charge in [-0.3, -0.25) is 4.79 Å². The van der Waals surface area contributed by atoms with E-state index in [2.05, 4.69) is 29.4 Å². The Balaban J connectivity index is 1.53. The van der Waals surface area contributed by atoms with Crippen LogP contribution in [-0.4, -0.2) is 16.1 Å². The molecule has 1 N–H and O–H groups in total. The predicted molar refractivity (Wildman–Crippen MR) is 76.2 cm³/mol. The third kappa shape index (κ3) is 2.81. The Morgan fingerprint density at radius 2 is 2.21 bits per heavy atom. The van der Waals surface area contributed by atoms with Gasteiger partial charge in [-0.15, -0.1) is 10.2 Å². The number of amides is 1. The summed E-state index contributed by atoms with van der Waals surface area (Å²) >= 11 is 1.49. The molecule has 104 valence electrons. The van der Waals surface area contributed by atoms with Crippen molar-refractivity contribution in [2.75, 3.05) is 5.32 Å². The van der Waals surface area contributed by atoms with Gasteiger partial charge in [-0.1, -0.05) is 31.6 Å². The maximum absolute atomic E-state index is 12.1. The van der Waals surface area contributed by atoms with Gasteiger partial charge in [-0.2, -0.15) is 0 Å². The molecule has 0 spiro atoms. The van der Waals surface area contributed by atoms with Crippen LogP contribution in [0, 0.1) is 17.8 Å². The fourth-order valence-corrected chi connectivity index (χ4v) is 4.32. The molecule has 3 atom stereocenters. The zero-order valence-corrected chi connectivity index (χ0v) is 12.4. The van der Waals surface area contributed by atoms with Crippen LogP contribution in [0.25, 0.3) is 0 Å². The van der Waals surface area contributed by atoms with Crippen molar-refractivity contribution in [3.8, 4) is 0 Å². The van der Waals surface area contributed by atoms with E-state index >= 15 is 0 Å². The van der Waals surface area contributed by atoms with Crippen LogP contribution in [-0.2, 0) is 4.79 Å². The molecule has 4 nitrogen and oxygen atoms in total. The van der Waals surface area contributed by atoms with E-state index in [1.165, 1.54) is 37.0 Å². The van der Waals surface area contributed by atoms with E-state index in [1.807, 2.05) is 0 Å². The van der Waals surface area contributed by atoms with E-state index in [9.17, 15) is 4.79 Å². The number of hydrogen-bond acceptors (Lipinski definition) is 4. The van der Waals surface area contributed by atoms with Gasteiger partial charge in [0.25, 0.3) is 0 Å². The molecule has 2 bridgehead atoms. The van der Waals surface area contributed by atoms with Gasteiger partial charge in [0.1, 0.15) is 5.01 Å². The van der Waals surface area contributed by atoms with Crippen molar-refractivity contribution >= 4 is 22.4 Å². The van der Waals surface area contributed by atoms with E-state index in [0.717, 1.165) is 16.8 Å². The van der Waals surface area contributed by atoms with Gasteiger partial charge < -0.3 is 5.32 Å². The number of hydrogen-bond donors (Lipinski definition) is 1. The molecular weight excluding hydrogens is 258 g/mol. The molecule has 1 amide bonds. The van der Waals surface area contributed by atoms with Gasteiger partial charge in [0.2, 0.25) is 11.0 Å². The Labute approximate surface area is 118 Å². The summed E-state index contributed by atoms with van der Waals surface area (Å²) in [5.74, 6) is 2.79. The van der Waals surface area contributed by atoms with Crippen molar-refractivity contribution in [1.29, 1.82) is 0 Å². The highest BCUT2D eigenvalue weighted by Crippen LogP contribution is 2.49. The van der Waals surface area contributed by atoms with Crippen LogP contribution < -0.4 is 5.32 Å². The van der Waals surface area contributed by atoms with Crippen LogP contribution in [0.3, 0.4) is 0 Å². The number of aromatic nitrogens is 2. The van der Waals surface area contributed by atoms with Gasteiger partial charge >= 0.3 is 0 Å². The molecule has 1 heterocycles. The molecule has 5 heteroatoms. The Morgan fingerprint density at radius 3 is 2.79 bits per heavy atom. The first-order valence-corrected chi connectivity index (χ1v) is 8.06. The molecule has 1 aromatic heterocycles. The molecule has 2 aliphatic carbocycles. The van der Waals surface area contributed by atoms with Gasteiger partial charge in [-0.05, 0) is 37.0 Å². The largest absolute Gasteiger partial charge is 0.301 e. The maximum atomic E-state index is 12.1. The number of anilines is 1. The lowest BCUT2D eigenvalue weighted by Gasteiger charge is -2.20. The van der Waals surface area contributed by atoms with Gasteiger partial charge in [-0.25, -0.2) is 0 Å². The predicted octanol–water partition coefficient (Wildman–Crippen LogP) is 3.43. The summed E-state index contributed by atoms with van der Waals surface area (Å²) in [5, 5.41) is 12.7. The monoisotopic (exact) mass is 279 g/mol. The van der Waals surface area contributed by atoms with Crippen molar-refractivity contribution in [2.45, 2.75) is 51.9 Å². The average Bonchev–Trinajstić information content (AvgIpc) is 3.03. The number of carbonyl (C=O) groups excluding carboxylic acids is 1. The topological polar surface area (TPSA) is 54.9 Å². The summed E-state index contributed by atoms with van der Waals surface area (Å²) in [5.41, 5.74) is 0. The molecule has 2 aliphatic rings. The van der Waals surface area contributed by atoms with E-state index in [1.54, 1.807) is 0 Å². The Bertz CT molecular complexity index is 471. The summed E-state index contributed by atoms with van der Waals surface area (Å²) in [6.07, 6.45) is 5.99. The van der Waals surface area contributed by atoms with Crippen LogP contribution in [0.1, 0.15) is 56.9 Å². The summed E-state index contributed by atoms with van der Waals surface area (Å²) < 4.78 is 0. The normalized spacial score (nSPS) is 29.1. The second-order valence-electron chi connectivity index (χ2n) is 6.29. The Morgan fingerprint density at radius 1 is 1.37 bits per heavy atom. The first-order chi connectivity index (χ1) is 9.11. The molecule has 2 fully saturated rings. The third-order valence-electron chi connectivity index (χ3n) is 4.51. The molecule has 3 rings (SSSR count). The molecule has 0 aliphatic heterocycles. The van der Waals surface area contributed by atoms with Gasteiger partial charge in [0.15, 0.2) is 0 Å². The van der Waals surface area contributed by atoms with Crippen LogP contribution in [0.2, 0.25) is 0 Å². The quantitative estimate of drug-likeness (QED) is 0.918. The molecule has 1 aromatic rings. The Kier molecular flexibility index (Phi) is 3.56. The lowest BCUT2D eigenvalue weighted by molar-refractivity contribution is -0.117. The van der Waals surface area contributed by atoms with E-state index in [-0.39, 0.29) is 5.91 Å². The number of rotatable bonds is 4. The first-order valence-electron chi connectivity index (χ1n) is 7.25. The zero-order chi connectivity index (χ0) is 13.4. The van der Waals surface area contributed by atoms with E-state index in [0.29, 0.717) is 23.4 Å². The second kappa shape index (κ2) is 5.19. The summed E-state index contributed by atoms with van der Waals surface area (Å²) in [4.78, 5) is 12.1. The van der Waals surface area contributed by atoms with E-state index < -0.39 is 0 Å². The van der Waals surface area contributed by atoms with Crippen molar-refractivity contribution in [3.63, 3.8) is 0 Å². The number of nitrogens with one attached hydrogen (secondary N) is 1. The minimum absolute atomic E-state index is 0.115. The second-order valence-corrected chi connectivity index (χ2v) is 7.30. The Hall–Kier alpha value is -0.970. The smallest absolute Gasteiger partial charge is 0.226 e. The van der Waals surface area contributed by atoms with Gasteiger partial charge in [0, 0.05) is 12.3 Å². The lowest BCUT2D eigenvalue weighted by atomic mass is 9.86. The molecule has 0 aromatic carbocycles. The first kappa shape index (κ1) is 13.0. The highest BCUT2D eigenvalue weighted by molar-refractivity contribution is 7.15. The SMILES string of the molecule is CC(C)c1nnc(NC(=O)C[C@H]2C[C@H]3CC[C@@H]2C3)s1. The third-order valence-corrected chi connectivity index (χ3v) is 5.65. The van der Waals surface area contributed by atoms with Crippen LogP contribution in [0.4, 0.5) is 5.13 Å². The van der Waals surface area contributed by atoms with Crippen LogP contribution >= 0.6 is 11.3 Å². The fraction of sp³-hybridized carbons (Fsp3) is 0.786. The minimum Gasteiger partial charge on any atom is -0.301 e. The lowest BCUT2D eigenvalue weighted by Crippen LogP contribution is -2.20. The molecule has 0 saturated heterocycles. The molecule has 0 radical (unpaired) electrons. The van der Waals surface area contributed by atoms with Crippen molar-refractivity contribution in [1.82, 2.24) is 10.2 Å². The summed E-state index contributed by atoms with van der Waals surface area (Å²) in [6.45, 7) is 4.17. The summed E-state index contributed by atoms with van der Waals surface area (Å²) in [7, 11) is 0. The number of nitrogens with zero attached hydrogens (tertiary/aromatic N) is 2. The molecular formula is C14H21N3OS. The zero-order valence-electron chi connectivity index (χ0n) is 11.6. The standard InChI is InChI=1S/C14H21N3OS/c1-8(2)13-16-17-14(19-13)15-12(18)7-11-6-9-3-4-10(11)5-9/h8-11H,3-7H2,1-2H3,(H,15,17,18)/t9-,10+,11+/m0/s1. The minimum atomic E-state index is 0.115. The fourth-order valence-electron chi connectivity index (χ4n) is 3.55. The van der Waals surface area contributed by atoms with Crippen molar-refractivity contribution < 1.29 is 4.79 Å². The highest BCUT2D eigenvalue weighted by atomic mass is 32.1. The highest BCUT2D eigenvalue weighted by Gasteiger charge is 2.40. The van der Waals surface area contributed by atoms with Gasteiger partial charge in [0.05, 0.1) is 0 Å². The van der Waals surface area contributed by atoms with Crippen molar-refractivity contribution in [3.05, 3.63) is 5.01 Å². The number of fused-ring (bicyclic) bond motifs is 2.